The van der Waals surface area contributed by atoms with E-state index in [-0.39, 0.29) is 18.4 Å². The molecule has 0 atom stereocenters. The molecular formula is C23H23N3O3. The van der Waals surface area contributed by atoms with Crippen molar-refractivity contribution in [1.82, 2.24) is 0 Å². The summed E-state index contributed by atoms with van der Waals surface area (Å²) in [6.07, 6.45) is 0. The fraction of sp³-hybridized carbons (Fsp3) is 0.130. The molecule has 0 aliphatic rings. The topological polar surface area (TPSA) is 79.5 Å². The zero-order chi connectivity index (χ0) is 20.5. The number of anilines is 3. The number of amides is 2. The summed E-state index contributed by atoms with van der Waals surface area (Å²) in [6, 6.07) is 24.4. The molecule has 3 N–H and O–H groups in total. The summed E-state index contributed by atoms with van der Waals surface area (Å²) >= 11 is 0. The van der Waals surface area contributed by atoms with Gasteiger partial charge in [0, 0.05) is 18.3 Å². The zero-order valence-electron chi connectivity index (χ0n) is 16.1. The molecule has 3 rings (SSSR count). The van der Waals surface area contributed by atoms with E-state index in [1.165, 1.54) is 6.92 Å². The molecule has 29 heavy (non-hydrogen) atoms. The fourth-order valence-corrected chi connectivity index (χ4v) is 2.72. The Morgan fingerprint density at radius 3 is 2.34 bits per heavy atom. The monoisotopic (exact) mass is 389 g/mol. The first-order chi connectivity index (χ1) is 14.1. The summed E-state index contributed by atoms with van der Waals surface area (Å²) in [7, 11) is 0. The fourth-order valence-electron chi connectivity index (χ4n) is 2.72. The van der Waals surface area contributed by atoms with E-state index in [0.717, 1.165) is 11.3 Å². The predicted molar refractivity (Wildman–Crippen MR) is 115 cm³/mol. The number of rotatable bonds is 8. The van der Waals surface area contributed by atoms with Gasteiger partial charge in [0.15, 0.2) is 0 Å². The van der Waals surface area contributed by atoms with Gasteiger partial charge in [-0.3, -0.25) is 9.59 Å². The van der Waals surface area contributed by atoms with Gasteiger partial charge in [-0.1, -0.05) is 48.5 Å². The van der Waals surface area contributed by atoms with Crippen molar-refractivity contribution >= 4 is 28.9 Å². The van der Waals surface area contributed by atoms with Crippen LogP contribution < -0.4 is 20.7 Å². The number of nitrogens with one attached hydrogen (secondary N) is 3. The Morgan fingerprint density at radius 1 is 0.828 bits per heavy atom. The second-order valence-electron chi connectivity index (χ2n) is 6.43. The Kier molecular flexibility index (Phi) is 6.84. The van der Waals surface area contributed by atoms with E-state index >= 15 is 0 Å². The molecule has 0 heterocycles. The Labute approximate surface area is 169 Å². The molecule has 0 bridgehead atoms. The highest BCUT2D eigenvalue weighted by molar-refractivity contribution is 5.95. The van der Waals surface area contributed by atoms with Gasteiger partial charge in [0.1, 0.15) is 12.4 Å². The number of carbonyl (C=O) groups is 2. The lowest BCUT2D eigenvalue weighted by Gasteiger charge is -2.13. The van der Waals surface area contributed by atoms with Gasteiger partial charge in [0.2, 0.25) is 11.8 Å². The van der Waals surface area contributed by atoms with Crippen LogP contribution in [0.15, 0.2) is 78.9 Å². The molecule has 0 unspecified atom stereocenters. The zero-order valence-corrected chi connectivity index (χ0v) is 16.1. The number of ether oxygens (including phenoxy) is 1. The van der Waals surface area contributed by atoms with E-state index in [4.69, 9.17) is 4.74 Å². The number of hydrogen-bond donors (Lipinski definition) is 3. The van der Waals surface area contributed by atoms with Gasteiger partial charge in [0.25, 0.3) is 0 Å². The first-order valence-electron chi connectivity index (χ1n) is 9.27. The van der Waals surface area contributed by atoms with Crippen molar-refractivity contribution in [3.8, 4) is 5.75 Å². The van der Waals surface area contributed by atoms with Crippen LogP contribution in [0.25, 0.3) is 0 Å². The lowest BCUT2D eigenvalue weighted by atomic mass is 10.2. The maximum Gasteiger partial charge on any atom is 0.243 e. The van der Waals surface area contributed by atoms with Crippen LogP contribution in [0.2, 0.25) is 0 Å². The third-order valence-electron chi connectivity index (χ3n) is 4.03. The van der Waals surface area contributed by atoms with Crippen LogP contribution in [0.3, 0.4) is 0 Å². The quantitative estimate of drug-likeness (QED) is 0.537. The second kappa shape index (κ2) is 9.94. The van der Waals surface area contributed by atoms with Crippen molar-refractivity contribution in [3.63, 3.8) is 0 Å². The predicted octanol–water partition coefficient (Wildman–Crippen LogP) is 4.27. The molecule has 0 aromatic heterocycles. The van der Waals surface area contributed by atoms with Crippen LogP contribution in [0.4, 0.5) is 17.1 Å². The average Bonchev–Trinajstić information content (AvgIpc) is 2.72. The maximum absolute atomic E-state index is 12.4. The van der Waals surface area contributed by atoms with Crippen molar-refractivity contribution in [2.45, 2.75) is 13.5 Å². The van der Waals surface area contributed by atoms with Crippen LogP contribution in [-0.2, 0) is 16.2 Å². The van der Waals surface area contributed by atoms with Crippen LogP contribution in [0.1, 0.15) is 12.5 Å². The molecule has 148 valence electrons. The van der Waals surface area contributed by atoms with E-state index in [1.807, 2.05) is 54.6 Å². The van der Waals surface area contributed by atoms with Crippen molar-refractivity contribution in [1.29, 1.82) is 0 Å². The van der Waals surface area contributed by atoms with Gasteiger partial charge in [0.05, 0.1) is 12.2 Å². The molecule has 0 aliphatic heterocycles. The van der Waals surface area contributed by atoms with Crippen LogP contribution >= 0.6 is 0 Å². The van der Waals surface area contributed by atoms with Gasteiger partial charge < -0.3 is 20.7 Å². The molecule has 6 nitrogen and oxygen atoms in total. The molecule has 0 fully saturated rings. The maximum atomic E-state index is 12.4. The Morgan fingerprint density at radius 2 is 1.55 bits per heavy atom. The van der Waals surface area contributed by atoms with Gasteiger partial charge >= 0.3 is 0 Å². The van der Waals surface area contributed by atoms with E-state index in [9.17, 15) is 9.59 Å². The first-order valence-corrected chi connectivity index (χ1v) is 9.27. The summed E-state index contributed by atoms with van der Waals surface area (Å²) in [6.45, 7) is 1.95. The van der Waals surface area contributed by atoms with Crippen LogP contribution in [0.5, 0.6) is 5.75 Å². The average molecular weight is 389 g/mol. The van der Waals surface area contributed by atoms with Crippen molar-refractivity contribution in [2.24, 2.45) is 0 Å². The Balaban J connectivity index is 1.56. The minimum atomic E-state index is -0.203. The van der Waals surface area contributed by atoms with Gasteiger partial charge in [-0.05, 0) is 35.9 Å². The minimum absolute atomic E-state index is 0.0799. The largest absolute Gasteiger partial charge is 0.487 e. The summed E-state index contributed by atoms with van der Waals surface area (Å²) in [5.74, 6) is 0.259. The standard InChI is InChI=1S/C23H23N3O3/c1-17(27)25-20-11-7-10-19(14-20)24-15-23(28)26-21-12-5-6-13-22(21)29-16-18-8-3-2-4-9-18/h2-14,24H,15-16H2,1H3,(H,25,27)(H,26,28). The normalized spacial score (nSPS) is 10.1. The molecule has 6 heteroatoms. The van der Waals surface area contributed by atoms with Gasteiger partial charge in [-0.25, -0.2) is 0 Å². The van der Waals surface area contributed by atoms with E-state index in [0.29, 0.717) is 23.7 Å². The first kappa shape index (κ1) is 19.9. The molecule has 0 spiro atoms. The minimum Gasteiger partial charge on any atom is -0.487 e. The number of hydrogen-bond acceptors (Lipinski definition) is 4. The molecule has 3 aromatic carbocycles. The van der Waals surface area contributed by atoms with E-state index in [2.05, 4.69) is 16.0 Å². The van der Waals surface area contributed by atoms with Crippen molar-refractivity contribution < 1.29 is 14.3 Å². The molecule has 0 radical (unpaired) electrons. The summed E-state index contributed by atoms with van der Waals surface area (Å²) < 4.78 is 5.86. The van der Waals surface area contributed by atoms with Crippen LogP contribution in [0, 0.1) is 0 Å². The number of benzene rings is 3. The SMILES string of the molecule is CC(=O)Nc1cccc(NCC(=O)Nc2ccccc2OCc2ccccc2)c1. The van der Waals surface area contributed by atoms with Gasteiger partial charge in [-0.2, -0.15) is 0 Å². The van der Waals surface area contributed by atoms with E-state index < -0.39 is 0 Å². The molecule has 0 saturated carbocycles. The van der Waals surface area contributed by atoms with E-state index in [1.54, 1.807) is 24.3 Å². The van der Waals surface area contributed by atoms with Gasteiger partial charge in [-0.15, -0.1) is 0 Å². The number of para-hydroxylation sites is 2. The molecule has 0 aliphatic carbocycles. The lowest BCUT2D eigenvalue weighted by Crippen LogP contribution is -2.22. The molecule has 2 amide bonds. The summed E-state index contributed by atoms with van der Waals surface area (Å²) in [4.78, 5) is 23.5. The van der Waals surface area contributed by atoms with Crippen molar-refractivity contribution in [2.75, 3.05) is 22.5 Å². The Bertz CT molecular complexity index is 974. The molecule has 0 saturated heterocycles. The Hall–Kier alpha value is -3.80. The third kappa shape index (κ3) is 6.39. The highest BCUT2D eigenvalue weighted by atomic mass is 16.5. The lowest BCUT2D eigenvalue weighted by molar-refractivity contribution is -0.115. The highest BCUT2D eigenvalue weighted by Crippen LogP contribution is 2.24. The van der Waals surface area contributed by atoms with Crippen molar-refractivity contribution in [3.05, 3.63) is 84.4 Å². The molecular weight excluding hydrogens is 366 g/mol. The smallest absolute Gasteiger partial charge is 0.243 e. The summed E-state index contributed by atoms with van der Waals surface area (Å²) in [5.41, 5.74) is 3.07. The molecule has 3 aromatic rings. The highest BCUT2D eigenvalue weighted by Gasteiger charge is 2.08. The third-order valence-corrected chi connectivity index (χ3v) is 4.03. The second-order valence-corrected chi connectivity index (χ2v) is 6.43. The number of carbonyl (C=O) groups excluding carboxylic acids is 2. The van der Waals surface area contributed by atoms with Crippen LogP contribution in [-0.4, -0.2) is 18.4 Å². The summed E-state index contributed by atoms with van der Waals surface area (Å²) in [5, 5.41) is 8.63.